The minimum absolute atomic E-state index is 0.198. The van der Waals surface area contributed by atoms with Gasteiger partial charge in [0.15, 0.2) is 0 Å². The highest BCUT2D eigenvalue weighted by Crippen LogP contribution is 2.36. The van der Waals surface area contributed by atoms with E-state index in [1.54, 1.807) is 36.0 Å². The zero-order valence-corrected chi connectivity index (χ0v) is 13.9. The third-order valence-corrected chi connectivity index (χ3v) is 5.16. The molecule has 0 bridgehead atoms. The van der Waals surface area contributed by atoms with Crippen LogP contribution in [0.1, 0.15) is 28.4 Å². The van der Waals surface area contributed by atoms with Gasteiger partial charge in [-0.1, -0.05) is 6.07 Å². The molecule has 1 amide bonds. The standard InChI is InChI=1S/C17H14FN5OS/c18-12-4-5-16-14(9-12)15(6-7-25-16)20-17(24)11-2-1-3-13(8-11)23-10-19-21-22-23/h1-5,8-10,15H,6-7H2,(H,20,24). The SMILES string of the molecule is O=C(NC1CCSc2ccc(F)cc21)c1cccc(-n2cnnn2)c1. The Morgan fingerprint density at radius 2 is 2.20 bits per heavy atom. The fraction of sp³-hybridized carbons (Fsp3) is 0.176. The van der Waals surface area contributed by atoms with Crippen LogP contribution in [0.4, 0.5) is 4.39 Å². The lowest BCUT2D eigenvalue weighted by molar-refractivity contribution is 0.0935. The summed E-state index contributed by atoms with van der Waals surface area (Å²) in [5, 5.41) is 14.0. The number of nitrogens with one attached hydrogen (secondary N) is 1. The second-order valence-corrected chi connectivity index (χ2v) is 6.79. The van der Waals surface area contributed by atoms with Crippen molar-refractivity contribution in [2.45, 2.75) is 17.4 Å². The van der Waals surface area contributed by atoms with Crippen LogP contribution in [0, 0.1) is 5.82 Å². The molecule has 2 aromatic carbocycles. The van der Waals surface area contributed by atoms with Gasteiger partial charge in [-0.05, 0) is 58.8 Å². The Balaban J connectivity index is 1.58. The number of carbonyl (C=O) groups excluding carboxylic acids is 1. The quantitative estimate of drug-likeness (QED) is 0.782. The first-order valence-electron chi connectivity index (χ1n) is 7.77. The van der Waals surface area contributed by atoms with Gasteiger partial charge in [0.05, 0.1) is 11.7 Å². The fourth-order valence-corrected chi connectivity index (χ4v) is 3.93. The van der Waals surface area contributed by atoms with E-state index in [1.807, 2.05) is 6.07 Å². The number of fused-ring (bicyclic) bond motifs is 1. The molecule has 1 aliphatic heterocycles. The molecule has 126 valence electrons. The van der Waals surface area contributed by atoms with E-state index >= 15 is 0 Å². The maximum absolute atomic E-state index is 13.6. The van der Waals surface area contributed by atoms with Crippen molar-refractivity contribution >= 4 is 17.7 Å². The van der Waals surface area contributed by atoms with E-state index in [0.29, 0.717) is 11.3 Å². The lowest BCUT2D eigenvalue weighted by atomic mass is 10.0. The zero-order valence-electron chi connectivity index (χ0n) is 13.1. The van der Waals surface area contributed by atoms with E-state index in [2.05, 4.69) is 20.8 Å². The predicted molar refractivity (Wildman–Crippen MR) is 91.1 cm³/mol. The Kier molecular flexibility index (Phi) is 4.19. The van der Waals surface area contributed by atoms with Crippen LogP contribution in [0.3, 0.4) is 0 Å². The molecule has 8 heteroatoms. The second-order valence-electron chi connectivity index (χ2n) is 5.65. The summed E-state index contributed by atoms with van der Waals surface area (Å²) in [7, 11) is 0. The summed E-state index contributed by atoms with van der Waals surface area (Å²) in [5.74, 6) is 0.386. The average Bonchev–Trinajstić information content (AvgIpc) is 3.17. The van der Waals surface area contributed by atoms with Crippen molar-refractivity contribution in [2.75, 3.05) is 5.75 Å². The van der Waals surface area contributed by atoms with E-state index in [-0.39, 0.29) is 17.8 Å². The normalized spacial score (nSPS) is 16.3. The molecule has 4 rings (SSSR count). The fourth-order valence-electron chi connectivity index (χ4n) is 2.83. The summed E-state index contributed by atoms with van der Waals surface area (Å²) >= 11 is 1.68. The second kappa shape index (κ2) is 6.64. The van der Waals surface area contributed by atoms with Gasteiger partial charge in [0.25, 0.3) is 5.91 Å². The van der Waals surface area contributed by atoms with Gasteiger partial charge in [-0.3, -0.25) is 4.79 Å². The minimum Gasteiger partial charge on any atom is -0.345 e. The van der Waals surface area contributed by atoms with Gasteiger partial charge in [0.1, 0.15) is 12.1 Å². The highest BCUT2D eigenvalue weighted by Gasteiger charge is 2.23. The molecule has 2 heterocycles. The van der Waals surface area contributed by atoms with E-state index in [9.17, 15) is 9.18 Å². The molecule has 0 fully saturated rings. The summed E-state index contributed by atoms with van der Waals surface area (Å²) in [6.45, 7) is 0. The van der Waals surface area contributed by atoms with Crippen LogP contribution >= 0.6 is 11.8 Å². The van der Waals surface area contributed by atoms with Crippen LogP contribution in [0.25, 0.3) is 5.69 Å². The van der Waals surface area contributed by atoms with Crippen molar-refractivity contribution in [2.24, 2.45) is 0 Å². The van der Waals surface area contributed by atoms with E-state index in [0.717, 1.165) is 22.6 Å². The molecule has 0 saturated carbocycles. The predicted octanol–water partition coefficient (Wildman–Crippen LogP) is 2.77. The number of amides is 1. The zero-order chi connectivity index (χ0) is 17.2. The van der Waals surface area contributed by atoms with Crippen molar-refractivity contribution < 1.29 is 9.18 Å². The Bertz CT molecular complexity index is 915. The number of benzene rings is 2. The van der Waals surface area contributed by atoms with Crippen molar-refractivity contribution in [1.82, 2.24) is 25.5 Å². The topological polar surface area (TPSA) is 72.7 Å². The largest absolute Gasteiger partial charge is 0.345 e. The third-order valence-electron chi connectivity index (χ3n) is 4.04. The van der Waals surface area contributed by atoms with Gasteiger partial charge >= 0.3 is 0 Å². The van der Waals surface area contributed by atoms with Crippen molar-refractivity contribution in [3.05, 3.63) is 65.7 Å². The number of aromatic nitrogens is 4. The molecule has 0 radical (unpaired) electrons. The number of rotatable bonds is 3. The molecule has 1 N–H and O–H groups in total. The third kappa shape index (κ3) is 3.25. The molecule has 6 nitrogen and oxygen atoms in total. The number of hydrogen-bond acceptors (Lipinski definition) is 5. The van der Waals surface area contributed by atoms with Crippen LogP contribution in [0.5, 0.6) is 0 Å². The monoisotopic (exact) mass is 355 g/mol. The van der Waals surface area contributed by atoms with Crippen LogP contribution in [-0.2, 0) is 0 Å². The molecular formula is C17H14FN5OS. The van der Waals surface area contributed by atoms with Gasteiger partial charge < -0.3 is 5.32 Å². The maximum Gasteiger partial charge on any atom is 0.251 e. The van der Waals surface area contributed by atoms with Crippen LogP contribution < -0.4 is 5.32 Å². The van der Waals surface area contributed by atoms with E-state index in [1.165, 1.54) is 23.1 Å². The number of nitrogens with zero attached hydrogens (tertiary/aromatic N) is 4. The van der Waals surface area contributed by atoms with Crippen LogP contribution in [0.15, 0.2) is 53.7 Å². The molecule has 1 aliphatic rings. The molecule has 0 saturated heterocycles. The average molecular weight is 355 g/mol. The van der Waals surface area contributed by atoms with Crippen molar-refractivity contribution in [3.63, 3.8) is 0 Å². The number of hydrogen-bond donors (Lipinski definition) is 1. The highest BCUT2D eigenvalue weighted by molar-refractivity contribution is 7.99. The minimum atomic E-state index is -0.291. The van der Waals surface area contributed by atoms with Gasteiger partial charge in [0.2, 0.25) is 0 Å². The van der Waals surface area contributed by atoms with Crippen molar-refractivity contribution in [1.29, 1.82) is 0 Å². The molecule has 1 unspecified atom stereocenters. The smallest absolute Gasteiger partial charge is 0.251 e. The molecule has 0 spiro atoms. The van der Waals surface area contributed by atoms with E-state index < -0.39 is 0 Å². The Labute approximate surface area is 147 Å². The molecule has 0 aliphatic carbocycles. The van der Waals surface area contributed by atoms with Gasteiger partial charge in [-0.2, -0.15) is 0 Å². The van der Waals surface area contributed by atoms with Gasteiger partial charge in [-0.25, -0.2) is 9.07 Å². The first-order chi connectivity index (χ1) is 12.2. The molecule has 1 aromatic heterocycles. The highest BCUT2D eigenvalue weighted by atomic mass is 32.2. The summed E-state index contributed by atoms with van der Waals surface area (Å²) in [4.78, 5) is 13.7. The number of thioether (sulfide) groups is 1. The summed E-state index contributed by atoms with van der Waals surface area (Å²) in [6, 6.07) is 11.6. The number of halogens is 1. The first-order valence-corrected chi connectivity index (χ1v) is 8.76. The Hall–Kier alpha value is -2.74. The maximum atomic E-state index is 13.6. The number of carbonyl (C=O) groups is 1. The lowest BCUT2D eigenvalue weighted by Gasteiger charge is -2.26. The van der Waals surface area contributed by atoms with Gasteiger partial charge in [-0.15, -0.1) is 16.9 Å². The van der Waals surface area contributed by atoms with Gasteiger partial charge in [0, 0.05) is 16.2 Å². The molecule has 25 heavy (non-hydrogen) atoms. The first kappa shape index (κ1) is 15.8. The van der Waals surface area contributed by atoms with E-state index in [4.69, 9.17) is 0 Å². The molecular weight excluding hydrogens is 341 g/mol. The van der Waals surface area contributed by atoms with Crippen molar-refractivity contribution in [3.8, 4) is 5.69 Å². The molecule has 3 aromatic rings. The number of tetrazole rings is 1. The molecule has 1 atom stereocenters. The summed E-state index contributed by atoms with van der Waals surface area (Å²) in [5.41, 5.74) is 2.04. The summed E-state index contributed by atoms with van der Waals surface area (Å²) < 4.78 is 15.1. The van der Waals surface area contributed by atoms with Crippen LogP contribution in [-0.4, -0.2) is 31.9 Å². The Morgan fingerprint density at radius 1 is 1.28 bits per heavy atom. The van der Waals surface area contributed by atoms with Crippen LogP contribution in [0.2, 0.25) is 0 Å². The summed E-state index contributed by atoms with van der Waals surface area (Å²) in [6.07, 6.45) is 2.23. The Morgan fingerprint density at radius 3 is 3.04 bits per heavy atom. The lowest BCUT2D eigenvalue weighted by Crippen LogP contribution is -2.30.